The van der Waals surface area contributed by atoms with Crippen LogP contribution in [-0.2, 0) is 14.8 Å². The molecule has 0 saturated heterocycles. The molecule has 0 heterocycles. The van der Waals surface area contributed by atoms with Gasteiger partial charge in [-0.25, -0.2) is 13.2 Å². The molecule has 6 nitrogen and oxygen atoms in total. The van der Waals surface area contributed by atoms with Crippen LogP contribution in [0.1, 0.15) is 13.3 Å². The minimum Gasteiger partial charge on any atom is -0.479 e. The van der Waals surface area contributed by atoms with Crippen LogP contribution in [0, 0.1) is 0 Å². The highest BCUT2D eigenvalue weighted by atomic mass is 32.2. The van der Waals surface area contributed by atoms with Crippen LogP contribution < -0.4 is 9.04 Å². The van der Waals surface area contributed by atoms with E-state index in [0.717, 1.165) is 10.6 Å². The fourth-order valence-electron chi connectivity index (χ4n) is 1.40. The molecule has 0 radical (unpaired) electrons. The van der Waals surface area contributed by atoms with Crippen LogP contribution in [0.3, 0.4) is 0 Å². The van der Waals surface area contributed by atoms with Gasteiger partial charge in [-0.2, -0.15) is 0 Å². The molecule has 0 aliphatic carbocycles. The van der Waals surface area contributed by atoms with Crippen molar-refractivity contribution in [3.8, 4) is 5.75 Å². The fraction of sp³-hybridized carbons (Fsp3) is 0.417. The summed E-state index contributed by atoms with van der Waals surface area (Å²) in [7, 11) is -1.87. The summed E-state index contributed by atoms with van der Waals surface area (Å²) in [5.41, 5.74) is 0.484. The van der Waals surface area contributed by atoms with E-state index in [0.29, 0.717) is 17.9 Å². The lowest BCUT2D eigenvalue weighted by molar-refractivity contribution is -0.145. The molecule has 7 heteroatoms. The van der Waals surface area contributed by atoms with Crippen molar-refractivity contribution in [3.63, 3.8) is 0 Å². The van der Waals surface area contributed by atoms with Crippen molar-refractivity contribution < 1.29 is 23.1 Å². The summed E-state index contributed by atoms with van der Waals surface area (Å²) in [6, 6.07) is 6.21. The molecule has 0 saturated carbocycles. The second-order valence-corrected chi connectivity index (χ2v) is 6.09. The first-order chi connectivity index (χ1) is 8.75. The van der Waals surface area contributed by atoms with Gasteiger partial charge < -0.3 is 9.84 Å². The Bertz CT molecular complexity index is 538. The number of nitrogens with zero attached hydrogens (tertiary/aromatic N) is 1. The molecule has 0 aromatic heterocycles. The number of hydrogen-bond donors (Lipinski definition) is 1. The summed E-state index contributed by atoms with van der Waals surface area (Å²) in [6.07, 6.45) is 0.549. The predicted molar refractivity (Wildman–Crippen MR) is 72.0 cm³/mol. The molecular formula is C12H17NO5S. The van der Waals surface area contributed by atoms with Gasteiger partial charge in [-0.15, -0.1) is 0 Å². The minimum absolute atomic E-state index is 0.348. The molecule has 0 spiro atoms. The topological polar surface area (TPSA) is 83.9 Å². The van der Waals surface area contributed by atoms with E-state index in [1.807, 2.05) is 0 Å². The Morgan fingerprint density at radius 1 is 1.37 bits per heavy atom. The van der Waals surface area contributed by atoms with Gasteiger partial charge in [0.15, 0.2) is 6.10 Å². The van der Waals surface area contributed by atoms with Crippen molar-refractivity contribution in [2.45, 2.75) is 19.4 Å². The zero-order valence-electron chi connectivity index (χ0n) is 11.0. The smallest absolute Gasteiger partial charge is 0.344 e. The largest absolute Gasteiger partial charge is 0.479 e. The van der Waals surface area contributed by atoms with E-state index in [1.54, 1.807) is 31.2 Å². The summed E-state index contributed by atoms with van der Waals surface area (Å²) < 4.78 is 29.1. The molecule has 0 fully saturated rings. The number of hydrogen-bond acceptors (Lipinski definition) is 4. The summed E-state index contributed by atoms with van der Waals surface area (Å²) >= 11 is 0. The molecule has 0 bridgehead atoms. The summed E-state index contributed by atoms with van der Waals surface area (Å²) in [5, 5.41) is 8.87. The number of carbonyl (C=O) groups is 1. The third-order valence-corrected chi connectivity index (χ3v) is 3.83. The monoisotopic (exact) mass is 287 g/mol. The zero-order valence-corrected chi connectivity index (χ0v) is 11.8. The van der Waals surface area contributed by atoms with E-state index in [-0.39, 0.29) is 0 Å². The van der Waals surface area contributed by atoms with E-state index < -0.39 is 22.1 Å². The first-order valence-electron chi connectivity index (χ1n) is 5.69. The maximum Gasteiger partial charge on any atom is 0.344 e. The number of benzene rings is 1. The quantitative estimate of drug-likeness (QED) is 0.853. The van der Waals surface area contributed by atoms with Crippen LogP contribution in [0.5, 0.6) is 5.75 Å². The summed E-state index contributed by atoms with van der Waals surface area (Å²) in [4.78, 5) is 10.8. The average Bonchev–Trinajstić information content (AvgIpc) is 2.34. The lowest BCUT2D eigenvalue weighted by Crippen LogP contribution is -2.26. The Balaban J connectivity index is 2.85. The van der Waals surface area contributed by atoms with Gasteiger partial charge in [0.2, 0.25) is 10.0 Å². The van der Waals surface area contributed by atoms with E-state index in [4.69, 9.17) is 9.84 Å². The molecule has 0 unspecified atom stereocenters. The number of carboxylic acid groups (broad SMARTS) is 1. The molecule has 0 amide bonds. The molecule has 0 aliphatic heterocycles. The van der Waals surface area contributed by atoms with Crippen molar-refractivity contribution in [1.82, 2.24) is 0 Å². The molecule has 1 aromatic carbocycles. The van der Waals surface area contributed by atoms with Crippen LogP contribution in [0.25, 0.3) is 0 Å². The van der Waals surface area contributed by atoms with Gasteiger partial charge >= 0.3 is 5.97 Å². The first kappa shape index (κ1) is 15.3. The Kier molecular flexibility index (Phi) is 4.77. The molecular weight excluding hydrogens is 270 g/mol. The van der Waals surface area contributed by atoms with Gasteiger partial charge in [-0.05, 0) is 30.7 Å². The van der Waals surface area contributed by atoms with Gasteiger partial charge in [0.1, 0.15) is 5.75 Å². The Labute approximate surface area is 112 Å². The third-order valence-electron chi connectivity index (χ3n) is 2.62. The van der Waals surface area contributed by atoms with Crippen molar-refractivity contribution in [1.29, 1.82) is 0 Å². The van der Waals surface area contributed by atoms with Gasteiger partial charge in [0.05, 0.1) is 11.9 Å². The van der Waals surface area contributed by atoms with Crippen LogP contribution in [0.4, 0.5) is 5.69 Å². The van der Waals surface area contributed by atoms with E-state index >= 15 is 0 Å². The zero-order chi connectivity index (χ0) is 14.6. The highest BCUT2D eigenvalue weighted by molar-refractivity contribution is 7.92. The highest BCUT2D eigenvalue weighted by Gasteiger charge is 2.17. The Morgan fingerprint density at radius 3 is 2.26 bits per heavy atom. The minimum atomic E-state index is -3.31. The highest BCUT2D eigenvalue weighted by Crippen LogP contribution is 2.21. The second kappa shape index (κ2) is 5.92. The van der Waals surface area contributed by atoms with Crippen molar-refractivity contribution in [2.75, 3.05) is 17.6 Å². The van der Waals surface area contributed by atoms with Crippen LogP contribution >= 0.6 is 0 Å². The number of aliphatic carboxylic acids is 1. The van der Waals surface area contributed by atoms with Gasteiger partial charge in [-0.3, -0.25) is 4.31 Å². The van der Waals surface area contributed by atoms with Crippen molar-refractivity contribution >= 4 is 21.7 Å². The Morgan fingerprint density at radius 2 is 1.89 bits per heavy atom. The maximum atomic E-state index is 11.3. The van der Waals surface area contributed by atoms with Gasteiger partial charge in [0, 0.05) is 7.05 Å². The summed E-state index contributed by atoms with van der Waals surface area (Å²) in [5.74, 6) is -0.639. The maximum absolute atomic E-state index is 11.3. The molecule has 19 heavy (non-hydrogen) atoms. The van der Waals surface area contributed by atoms with E-state index in [2.05, 4.69) is 0 Å². The van der Waals surface area contributed by atoms with E-state index in [1.165, 1.54) is 7.05 Å². The average molecular weight is 287 g/mol. The van der Waals surface area contributed by atoms with Crippen LogP contribution in [0.2, 0.25) is 0 Å². The van der Waals surface area contributed by atoms with E-state index in [9.17, 15) is 13.2 Å². The number of sulfonamides is 1. The molecule has 1 N–H and O–H groups in total. The van der Waals surface area contributed by atoms with Crippen LogP contribution in [-0.4, -0.2) is 38.9 Å². The number of rotatable bonds is 6. The number of ether oxygens (including phenoxy) is 1. The van der Waals surface area contributed by atoms with Crippen molar-refractivity contribution in [2.24, 2.45) is 0 Å². The normalized spacial score (nSPS) is 12.8. The SMILES string of the molecule is CC[C@H](Oc1ccc(N(C)S(C)(=O)=O)cc1)C(=O)O. The summed E-state index contributed by atoms with van der Waals surface area (Å²) in [6.45, 7) is 1.71. The molecule has 0 aliphatic rings. The number of anilines is 1. The van der Waals surface area contributed by atoms with Crippen molar-refractivity contribution in [3.05, 3.63) is 24.3 Å². The number of carboxylic acids is 1. The molecule has 106 valence electrons. The lowest BCUT2D eigenvalue weighted by atomic mass is 10.2. The fourth-order valence-corrected chi connectivity index (χ4v) is 1.90. The van der Waals surface area contributed by atoms with Gasteiger partial charge in [-0.1, -0.05) is 6.92 Å². The first-order valence-corrected chi connectivity index (χ1v) is 7.54. The molecule has 1 rings (SSSR count). The standard InChI is InChI=1S/C12H17NO5S/c1-4-11(12(14)15)18-10-7-5-9(6-8-10)13(2)19(3,16)17/h5-8,11H,4H2,1-3H3,(H,14,15)/t11-/m0/s1. The van der Waals surface area contributed by atoms with Gasteiger partial charge in [0.25, 0.3) is 0 Å². The second-order valence-electron chi connectivity index (χ2n) is 4.08. The third kappa shape index (κ3) is 4.13. The molecule has 1 atom stereocenters. The predicted octanol–water partition coefficient (Wildman–Crippen LogP) is 1.32. The Hall–Kier alpha value is -1.76. The molecule has 1 aromatic rings. The van der Waals surface area contributed by atoms with Crippen LogP contribution in [0.15, 0.2) is 24.3 Å². The lowest BCUT2D eigenvalue weighted by Gasteiger charge is -2.18.